The van der Waals surface area contributed by atoms with Crippen molar-refractivity contribution < 1.29 is 19.4 Å². The number of amides is 1. The van der Waals surface area contributed by atoms with E-state index >= 15 is 0 Å². The first-order chi connectivity index (χ1) is 10.8. The molecule has 6 heteroatoms. The lowest BCUT2D eigenvalue weighted by atomic mass is 9.81. The number of ether oxygens (including phenoxy) is 1. The van der Waals surface area contributed by atoms with Gasteiger partial charge in [-0.15, -0.1) is 0 Å². The van der Waals surface area contributed by atoms with Crippen LogP contribution < -0.4 is 10.6 Å². The Bertz CT molecular complexity index is 580. The summed E-state index contributed by atoms with van der Waals surface area (Å²) >= 11 is 0. The lowest BCUT2D eigenvalue weighted by Crippen LogP contribution is -2.39. The van der Waals surface area contributed by atoms with Gasteiger partial charge in [0.1, 0.15) is 5.60 Å². The standard InChI is InChI=1S/C17H24N2O4/c1-17(2,3)23-16(22)19-12-6-4-5-11(9-12)13-7-8-18-10-14(13)15(20)21/h4-6,9,13-14,18H,7-8,10H2,1-3H3,(H,19,22)(H,20,21). The third kappa shape index (κ3) is 4.96. The summed E-state index contributed by atoms with van der Waals surface area (Å²) < 4.78 is 5.23. The lowest BCUT2D eigenvalue weighted by Gasteiger charge is -2.30. The van der Waals surface area contributed by atoms with Gasteiger partial charge in [0.2, 0.25) is 0 Å². The van der Waals surface area contributed by atoms with E-state index in [4.69, 9.17) is 4.74 Å². The Morgan fingerprint density at radius 3 is 2.74 bits per heavy atom. The summed E-state index contributed by atoms with van der Waals surface area (Å²) in [5, 5.41) is 15.2. The molecule has 2 unspecified atom stereocenters. The minimum absolute atomic E-state index is 0.0610. The zero-order valence-corrected chi connectivity index (χ0v) is 13.8. The van der Waals surface area contributed by atoms with Crippen molar-refractivity contribution in [1.82, 2.24) is 5.32 Å². The molecule has 23 heavy (non-hydrogen) atoms. The molecule has 0 spiro atoms. The Morgan fingerprint density at radius 1 is 1.35 bits per heavy atom. The van der Waals surface area contributed by atoms with E-state index in [0.29, 0.717) is 12.2 Å². The fourth-order valence-corrected chi connectivity index (χ4v) is 2.79. The highest BCUT2D eigenvalue weighted by Gasteiger charge is 2.31. The van der Waals surface area contributed by atoms with E-state index < -0.39 is 23.6 Å². The van der Waals surface area contributed by atoms with Crippen molar-refractivity contribution >= 4 is 17.7 Å². The number of carboxylic acid groups (broad SMARTS) is 1. The monoisotopic (exact) mass is 320 g/mol. The molecule has 2 rings (SSSR count). The summed E-state index contributed by atoms with van der Waals surface area (Å²) in [5.74, 6) is -1.32. The van der Waals surface area contributed by atoms with Crippen molar-refractivity contribution in [1.29, 1.82) is 0 Å². The largest absolute Gasteiger partial charge is 0.481 e. The number of nitrogens with one attached hydrogen (secondary N) is 2. The number of piperidine rings is 1. The van der Waals surface area contributed by atoms with Gasteiger partial charge in [-0.3, -0.25) is 10.1 Å². The normalized spacial score (nSPS) is 21.5. The Kier molecular flexibility index (Phi) is 5.26. The average molecular weight is 320 g/mol. The minimum atomic E-state index is -0.798. The highest BCUT2D eigenvalue weighted by molar-refractivity contribution is 5.85. The first-order valence-corrected chi connectivity index (χ1v) is 7.80. The van der Waals surface area contributed by atoms with Gasteiger partial charge >= 0.3 is 12.1 Å². The van der Waals surface area contributed by atoms with Crippen molar-refractivity contribution in [2.24, 2.45) is 5.92 Å². The van der Waals surface area contributed by atoms with Crippen molar-refractivity contribution in [3.05, 3.63) is 29.8 Å². The molecule has 126 valence electrons. The van der Waals surface area contributed by atoms with Gasteiger partial charge in [0, 0.05) is 12.2 Å². The van der Waals surface area contributed by atoms with E-state index in [9.17, 15) is 14.7 Å². The van der Waals surface area contributed by atoms with E-state index in [-0.39, 0.29) is 5.92 Å². The molecular formula is C17H24N2O4. The first-order valence-electron chi connectivity index (χ1n) is 7.80. The zero-order chi connectivity index (χ0) is 17.0. The van der Waals surface area contributed by atoms with Gasteiger partial charge in [0.15, 0.2) is 0 Å². The Balaban J connectivity index is 2.12. The summed E-state index contributed by atoms with van der Waals surface area (Å²) in [5.41, 5.74) is 0.970. The summed E-state index contributed by atoms with van der Waals surface area (Å²) in [4.78, 5) is 23.3. The SMILES string of the molecule is CC(C)(C)OC(=O)Nc1cccc(C2CCNCC2C(=O)O)c1. The van der Waals surface area contributed by atoms with Gasteiger partial charge < -0.3 is 15.2 Å². The van der Waals surface area contributed by atoms with Gasteiger partial charge in [0.05, 0.1) is 5.92 Å². The number of carboxylic acids is 1. The van der Waals surface area contributed by atoms with Gasteiger partial charge in [-0.2, -0.15) is 0 Å². The van der Waals surface area contributed by atoms with Crippen LogP contribution in [0.1, 0.15) is 38.7 Å². The van der Waals surface area contributed by atoms with Crippen LogP contribution in [0, 0.1) is 5.92 Å². The smallest absolute Gasteiger partial charge is 0.412 e. The maximum absolute atomic E-state index is 11.9. The summed E-state index contributed by atoms with van der Waals surface area (Å²) in [7, 11) is 0. The lowest BCUT2D eigenvalue weighted by molar-refractivity contribution is -0.142. The number of carbonyl (C=O) groups is 2. The minimum Gasteiger partial charge on any atom is -0.481 e. The maximum atomic E-state index is 11.9. The van der Waals surface area contributed by atoms with Crippen LogP contribution in [-0.4, -0.2) is 35.9 Å². The second kappa shape index (κ2) is 7.00. The third-order valence-electron chi connectivity index (χ3n) is 3.76. The van der Waals surface area contributed by atoms with E-state index in [2.05, 4.69) is 10.6 Å². The molecule has 0 radical (unpaired) electrons. The van der Waals surface area contributed by atoms with Crippen LogP contribution >= 0.6 is 0 Å². The van der Waals surface area contributed by atoms with E-state index in [1.165, 1.54) is 0 Å². The van der Waals surface area contributed by atoms with Crippen LogP contribution in [-0.2, 0) is 9.53 Å². The summed E-state index contributed by atoms with van der Waals surface area (Å²) in [6.07, 6.45) is 0.238. The Labute approximate surface area is 136 Å². The van der Waals surface area contributed by atoms with Crippen LogP contribution in [0.5, 0.6) is 0 Å². The van der Waals surface area contributed by atoms with E-state index in [0.717, 1.165) is 18.5 Å². The van der Waals surface area contributed by atoms with E-state index in [1.807, 2.05) is 18.2 Å². The zero-order valence-electron chi connectivity index (χ0n) is 13.8. The molecule has 0 aromatic heterocycles. The quantitative estimate of drug-likeness (QED) is 0.797. The number of carbonyl (C=O) groups excluding carboxylic acids is 1. The van der Waals surface area contributed by atoms with Crippen molar-refractivity contribution in [2.75, 3.05) is 18.4 Å². The highest BCUT2D eigenvalue weighted by atomic mass is 16.6. The Morgan fingerprint density at radius 2 is 2.09 bits per heavy atom. The van der Waals surface area contributed by atoms with Crippen LogP contribution in [0.25, 0.3) is 0 Å². The number of anilines is 1. The van der Waals surface area contributed by atoms with Gasteiger partial charge in [-0.1, -0.05) is 12.1 Å². The summed E-state index contributed by atoms with van der Waals surface area (Å²) in [6.45, 7) is 6.66. The second-order valence-electron chi connectivity index (χ2n) is 6.80. The topological polar surface area (TPSA) is 87.7 Å². The maximum Gasteiger partial charge on any atom is 0.412 e. The average Bonchev–Trinajstić information content (AvgIpc) is 2.45. The molecule has 3 N–H and O–H groups in total. The molecule has 0 aliphatic carbocycles. The van der Waals surface area contributed by atoms with Crippen LogP contribution in [0.15, 0.2) is 24.3 Å². The van der Waals surface area contributed by atoms with Gasteiger partial charge in [-0.25, -0.2) is 4.79 Å². The molecule has 0 bridgehead atoms. The molecule has 1 saturated heterocycles. The molecule has 1 heterocycles. The Hall–Kier alpha value is -2.08. The number of rotatable bonds is 3. The van der Waals surface area contributed by atoms with Crippen molar-refractivity contribution in [2.45, 2.75) is 38.7 Å². The molecular weight excluding hydrogens is 296 g/mol. The molecule has 1 fully saturated rings. The molecule has 6 nitrogen and oxygen atoms in total. The number of benzene rings is 1. The number of hydrogen-bond donors (Lipinski definition) is 3. The molecule has 1 amide bonds. The van der Waals surface area contributed by atoms with Crippen LogP contribution in [0.2, 0.25) is 0 Å². The fraction of sp³-hybridized carbons (Fsp3) is 0.529. The highest BCUT2D eigenvalue weighted by Crippen LogP contribution is 2.32. The number of hydrogen-bond acceptors (Lipinski definition) is 4. The third-order valence-corrected chi connectivity index (χ3v) is 3.76. The predicted molar refractivity (Wildman–Crippen MR) is 87.7 cm³/mol. The van der Waals surface area contributed by atoms with Crippen LogP contribution in [0.4, 0.5) is 10.5 Å². The van der Waals surface area contributed by atoms with Crippen LogP contribution in [0.3, 0.4) is 0 Å². The fourth-order valence-electron chi connectivity index (χ4n) is 2.79. The molecule has 2 atom stereocenters. The molecule has 1 aromatic carbocycles. The van der Waals surface area contributed by atoms with Gasteiger partial charge in [-0.05, 0) is 57.4 Å². The second-order valence-corrected chi connectivity index (χ2v) is 6.80. The molecule has 1 aromatic rings. The van der Waals surface area contributed by atoms with Crippen molar-refractivity contribution in [3.63, 3.8) is 0 Å². The summed E-state index contributed by atoms with van der Waals surface area (Å²) in [6, 6.07) is 7.33. The van der Waals surface area contributed by atoms with Gasteiger partial charge in [0.25, 0.3) is 0 Å². The predicted octanol–water partition coefficient (Wildman–Crippen LogP) is 2.81. The molecule has 1 aliphatic rings. The first kappa shape index (κ1) is 17.3. The van der Waals surface area contributed by atoms with Crippen molar-refractivity contribution in [3.8, 4) is 0 Å². The molecule has 0 saturated carbocycles. The number of aliphatic carboxylic acids is 1. The molecule has 1 aliphatic heterocycles. The van der Waals surface area contributed by atoms with E-state index in [1.54, 1.807) is 26.8 Å².